The lowest BCUT2D eigenvalue weighted by Crippen LogP contribution is -2.24. The molecule has 0 spiro atoms. The van der Waals surface area contributed by atoms with E-state index >= 15 is 0 Å². The second-order valence-electron chi connectivity index (χ2n) is 4.16. The lowest BCUT2D eigenvalue weighted by Gasteiger charge is -2.04. The molecule has 1 heterocycles. The van der Waals surface area contributed by atoms with E-state index in [2.05, 4.69) is 11.6 Å². The Labute approximate surface area is 120 Å². The van der Waals surface area contributed by atoms with Gasteiger partial charge >= 0.3 is 0 Å². The van der Waals surface area contributed by atoms with Gasteiger partial charge in [0.2, 0.25) is 10.0 Å². The van der Waals surface area contributed by atoms with Crippen LogP contribution < -0.4 is 4.72 Å². The smallest absolute Gasteiger partial charge is 0.210 e. The summed E-state index contributed by atoms with van der Waals surface area (Å²) in [6, 6.07) is 10.7. The van der Waals surface area contributed by atoms with Gasteiger partial charge in [0.1, 0.15) is 4.21 Å². The van der Waals surface area contributed by atoms with Crippen LogP contribution in [-0.2, 0) is 10.0 Å². The molecule has 19 heavy (non-hydrogen) atoms. The lowest BCUT2D eigenvalue weighted by atomic mass is 10.2. The highest BCUT2D eigenvalue weighted by Crippen LogP contribution is 2.11. The topological polar surface area (TPSA) is 46.2 Å². The van der Waals surface area contributed by atoms with Crippen molar-refractivity contribution in [1.29, 1.82) is 0 Å². The van der Waals surface area contributed by atoms with Gasteiger partial charge < -0.3 is 0 Å². The molecular weight excluding hydrogens is 278 g/mol. The molecule has 1 N–H and O–H groups in total. The number of nitrogens with one attached hydrogen (secondary N) is 1. The van der Waals surface area contributed by atoms with Crippen LogP contribution in [0.2, 0.25) is 0 Å². The van der Waals surface area contributed by atoms with Gasteiger partial charge in [-0.2, -0.15) is 0 Å². The number of hydrogen-bond acceptors (Lipinski definition) is 3. The summed E-state index contributed by atoms with van der Waals surface area (Å²) >= 11 is 1.21. The van der Waals surface area contributed by atoms with Crippen LogP contribution in [0.3, 0.4) is 0 Å². The second kappa shape index (κ2) is 9.07. The Hall–Kier alpha value is -0.910. The zero-order chi connectivity index (χ0) is 14.0. The Morgan fingerprint density at radius 3 is 2.58 bits per heavy atom. The predicted molar refractivity (Wildman–Crippen MR) is 81.3 cm³/mol. The van der Waals surface area contributed by atoms with Crippen LogP contribution in [0, 0.1) is 0 Å². The van der Waals surface area contributed by atoms with Crippen molar-refractivity contribution < 1.29 is 8.42 Å². The normalized spacial score (nSPS) is 11.0. The molecule has 0 bridgehead atoms. The summed E-state index contributed by atoms with van der Waals surface area (Å²) in [6.45, 7) is 2.64. The molecule has 0 aromatic carbocycles. The third-order valence-corrected chi connectivity index (χ3v) is 5.39. The van der Waals surface area contributed by atoms with Crippen molar-refractivity contribution >= 4 is 21.4 Å². The number of unbranched alkanes of at least 4 members (excludes halogenated alkanes) is 3. The molecular formula is C14H21NO2S2. The maximum atomic E-state index is 12.1. The quantitative estimate of drug-likeness (QED) is 0.780. The summed E-state index contributed by atoms with van der Waals surface area (Å²) in [5.41, 5.74) is 0. The first-order chi connectivity index (χ1) is 9.17. The molecule has 3 nitrogen and oxygen atoms in total. The van der Waals surface area contributed by atoms with Gasteiger partial charge in [0.05, 0.1) is 0 Å². The molecule has 0 fully saturated rings. The van der Waals surface area contributed by atoms with Crippen LogP contribution in [0.5, 0.6) is 0 Å². The van der Waals surface area contributed by atoms with Gasteiger partial charge in [0.15, 0.2) is 0 Å². The number of rotatable bonds is 7. The van der Waals surface area contributed by atoms with E-state index < -0.39 is 10.0 Å². The molecule has 5 heteroatoms. The largest absolute Gasteiger partial charge is 0.250 e. The molecule has 0 unspecified atom stereocenters. The summed E-state index contributed by atoms with van der Waals surface area (Å²) in [5.74, 6) is 0. The molecule has 0 aliphatic heterocycles. The zero-order valence-electron chi connectivity index (χ0n) is 11.2. The number of sulfonamides is 1. The molecule has 1 rings (SSSR count). The molecule has 0 radical (unpaired) electrons. The first kappa shape index (κ1) is 16.1. The average Bonchev–Trinajstić information content (AvgIpc) is 2.52. The molecule has 0 aliphatic carbocycles. The highest BCUT2D eigenvalue weighted by Gasteiger charge is 2.12. The van der Waals surface area contributed by atoms with Crippen LogP contribution in [0.4, 0.5) is 0 Å². The van der Waals surface area contributed by atoms with E-state index in [-0.39, 0.29) is 0 Å². The van der Waals surface area contributed by atoms with Crippen LogP contribution >= 0.6 is 11.3 Å². The van der Waals surface area contributed by atoms with Crippen molar-refractivity contribution in [2.45, 2.75) is 36.8 Å². The monoisotopic (exact) mass is 299 g/mol. The molecule has 0 saturated heterocycles. The average molecular weight is 299 g/mol. The Bertz CT molecular complexity index is 484. The minimum Gasteiger partial charge on any atom is -0.210 e. The summed E-state index contributed by atoms with van der Waals surface area (Å²) < 4.78 is 27.2. The van der Waals surface area contributed by atoms with Gasteiger partial charge in [-0.15, -0.1) is 11.3 Å². The van der Waals surface area contributed by atoms with Crippen LogP contribution in [-0.4, -0.2) is 15.0 Å². The van der Waals surface area contributed by atoms with Crippen LogP contribution in [0.1, 0.15) is 32.6 Å². The summed E-state index contributed by atoms with van der Waals surface area (Å²) in [7, 11) is -3.38. The fraction of sp³-hybridized carbons (Fsp3) is 0.429. The van der Waals surface area contributed by atoms with Crippen LogP contribution in [0.25, 0.3) is 0 Å². The summed E-state index contributed by atoms with van der Waals surface area (Å²) in [6.07, 6.45) is 4.25. The minimum absolute atomic E-state index is 0.333. The van der Waals surface area contributed by atoms with E-state index in [1.54, 1.807) is 17.5 Å². The molecule has 0 amide bonds. The van der Waals surface area contributed by atoms with Gasteiger partial charge in [-0.05, 0) is 17.9 Å². The highest BCUT2D eigenvalue weighted by atomic mass is 32.2. The second-order valence-corrected chi connectivity index (χ2v) is 7.10. The third kappa shape index (κ3) is 6.71. The Morgan fingerprint density at radius 2 is 1.79 bits per heavy atom. The third-order valence-electron chi connectivity index (χ3n) is 2.53. The van der Waals surface area contributed by atoms with E-state index in [9.17, 15) is 8.42 Å². The van der Waals surface area contributed by atoms with Crippen molar-refractivity contribution in [3.05, 3.63) is 41.8 Å². The van der Waals surface area contributed by atoms with Crippen molar-refractivity contribution in [1.82, 2.24) is 4.72 Å². The zero-order valence-corrected chi connectivity index (χ0v) is 12.8. The van der Waals surface area contributed by atoms with Crippen molar-refractivity contribution in [2.75, 3.05) is 6.54 Å². The Balaban J connectivity index is 2.70. The molecule has 1 aromatic heterocycles. The molecule has 0 atom stereocenters. The predicted octanol–water partition coefficient (Wildman–Crippen LogP) is 3.73. The molecule has 106 valence electrons. The van der Waals surface area contributed by atoms with E-state index in [0.29, 0.717) is 10.8 Å². The SMILES string of the molecule is CCCCCCNS(=O)(=O)c1cccccccs1. The van der Waals surface area contributed by atoms with E-state index in [0.717, 1.165) is 25.7 Å². The van der Waals surface area contributed by atoms with Gasteiger partial charge in [0.25, 0.3) is 0 Å². The van der Waals surface area contributed by atoms with E-state index in [1.807, 2.05) is 24.3 Å². The first-order valence-corrected chi connectivity index (χ1v) is 8.89. The van der Waals surface area contributed by atoms with Gasteiger partial charge in [-0.1, -0.05) is 56.5 Å². The van der Waals surface area contributed by atoms with E-state index in [4.69, 9.17) is 0 Å². The number of hydrogen-bond donors (Lipinski definition) is 1. The summed E-state index contributed by atoms with van der Waals surface area (Å²) in [5, 5.41) is 1.77. The van der Waals surface area contributed by atoms with Crippen molar-refractivity contribution in [2.24, 2.45) is 0 Å². The van der Waals surface area contributed by atoms with Crippen LogP contribution in [0.15, 0.2) is 46.0 Å². The fourth-order valence-electron chi connectivity index (χ4n) is 1.50. The Kier molecular flexibility index (Phi) is 7.70. The van der Waals surface area contributed by atoms with Crippen molar-refractivity contribution in [3.63, 3.8) is 0 Å². The van der Waals surface area contributed by atoms with Gasteiger partial charge in [-0.3, -0.25) is 0 Å². The maximum absolute atomic E-state index is 12.1. The molecule has 0 saturated carbocycles. The summed E-state index contributed by atoms with van der Waals surface area (Å²) in [4.78, 5) is 0. The van der Waals surface area contributed by atoms with E-state index in [1.165, 1.54) is 11.3 Å². The van der Waals surface area contributed by atoms with Gasteiger partial charge in [-0.25, -0.2) is 13.1 Å². The van der Waals surface area contributed by atoms with Gasteiger partial charge in [0, 0.05) is 6.54 Å². The highest BCUT2D eigenvalue weighted by molar-refractivity contribution is 7.91. The fourth-order valence-corrected chi connectivity index (χ4v) is 3.62. The first-order valence-electron chi connectivity index (χ1n) is 6.53. The Morgan fingerprint density at radius 1 is 1.05 bits per heavy atom. The molecule has 1 aromatic rings. The standard InChI is InChI=1S/C14H21NO2S2/c1-2-3-4-9-12-15-19(16,17)14-11-8-6-5-7-10-13-18-14/h5-8,10-11,13,15H,2-4,9,12H2,1H3. The van der Waals surface area contributed by atoms with Crippen molar-refractivity contribution in [3.8, 4) is 0 Å². The minimum atomic E-state index is -3.38. The molecule has 0 aliphatic rings. The lowest BCUT2D eigenvalue weighted by molar-refractivity contribution is 0.575. The maximum Gasteiger partial charge on any atom is 0.250 e.